The van der Waals surface area contributed by atoms with Gasteiger partial charge in [-0.15, -0.1) is 10.2 Å². The molecule has 3 heterocycles. The van der Waals surface area contributed by atoms with Crippen molar-refractivity contribution >= 4 is 98.7 Å². The summed E-state index contributed by atoms with van der Waals surface area (Å²) in [5.41, 5.74) is 15.0. The maximum atomic E-state index is 13.6. The van der Waals surface area contributed by atoms with Crippen LogP contribution in [0.1, 0.15) is 117 Å². The number of hydrogen-bond acceptors (Lipinski definition) is 17. The third kappa shape index (κ3) is 14.7. The summed E-state index contributed by atoms with van der Waals surface area (Å²) in [7, 11) is 0. The van der Waals surface area contributed by atoms with Crippen LogP contribution in [0, 0.1) is 11.8 Å². The fourth-order valence-corrected chi connectivity index (χ4v) is 9.56. The number of nitrogens with zero attached hydrogens (tertiary/aromatic N) is 6. The Balaban J connectivity index is 0.952. The van der Waals surface area contributed by atoms with Crippen molar-refractivity contribution in [2.24, 2.45) is 11.8 Å². The van der Waals surface area contributed by atoms with E-state index in [1.807, 2.05) is 13.8 Å². The van der Waals surface area contributed by atoms with Crippen LogP contribution in [0.5, 0.6) is 0 Å². The van der Waals surface area contributed by atoms with Gasteiger partial charge in [-0.05, 0) is 97.5 Å². The second-order valence-corrected chi connectivity index (χ2v) is 20.0. The molecule has 0 saturated carbocycles. The number of thioether (sulfide) groups is 1. The second-order valence-electron chi connectivity index (χ2n) is 18.6. The highest BCUT2D eigenvalue weighted by molar-refractivity contribution is 8.00. The molecule has 3 aromatic carbocycles. The topological polar surface area (TPSA) is 328 Å². The molecule has 0 radical (unpaired) electrons. The standard InChI is InChI=1S/C51H61ClN12O9S/c1-27(2)35(24-33(65)10-6-5-9-21-64-42(68)25-41(74-4)49(64)71)48(70)56-28(3)40(67)23-29-13-19-34(36(22-29)46-60-62-63-61-46)39(66)12-8-7-11-38(50(72)73)57-47(69)30-14-17-32(18-15-30)55-26-31-16-20-37-43(44(31)52)45(53)59-51(54)58-37/h13-20,22,27-28,35,38,41,55H,5-12,21,23-26H2,1-4H3,(H,56,70)(H,57,69)(H,72,73)(H4,53,54,58,59)(H,60,61,62,63)/t28-,35-,38-,41?/m0/s1. The minimum Gasteiger partial charge on any atom is -0.480 e. The van der Waals surface area contributed by atoms with E-state index in [0.29, 0.717) is 77.9 Å². The number of nitrogens with one attached hydrogen (secondary N) is 4. The molecule has 9 N–H and O–H groups in total. The molecule has 1 saturated heterocycles. The third-order valence-corrected chi connectivity index (χ3v) is 14.3. The van der Waals surface area contributed by atoms with Crippen LogP contribution < -0.4 is 27.4 Å². The number of hydrogen-bond donors (Lipinski definition) is 7. The van der Waals surface area contributed by atoms with Gasteiger partial charge in [0.05, 0.1) is 27.2 Å². The molecule has 74 heavy (non-hydrogen) atoms. The van der Waals surface area contributed by atoms with E-state index in [2.05, 4.69) is 46.5 Å². The molecule has 6 rings (SSSR count). The zero-order valence-corrected chi connectivity index (χ0v) is 43.2. The van der Waals surface area contributed by atoms with Crippen molar-refractivity contribution in [1.29, 1.82) is 0 Å². The van der Waals surface area contributed by atoms with Crippen LogP contribution in [0.25, 0.3) is 22.3 Å². The lowest BCUT2D eigenvalue weighted by Gasteiger charge is -2.22. The zero-order valence-electron chi connectivity index (χ0n) is 41.6. The largest absolute Gasteiger partial charge is 0.480 e. The Hall–Kier alpha value is -7.33. The lowest BCUT2D eigenvalue weighted by molar-refractivity contribution is -0.140. The molecule has 4 atom stereocenters. The first-order chi connectivity index (χ1) is 35.3. The highest BCUT2D eigenvalue weighted by atomic mass is 35.5. The Morgan fingerprint density at radius 3 is 2.34 bits per heavy atom. The normalized spacial score (nSPS) is 14.7. The Bertz CT molecular complexity index is 2880. The molecule has 1 aliphatic heterocycles. The molecular formula is C51H61ClN12O9S. The quantitative estimate of drug-likeness (QED) is 0.0178. The van der Waals surface area contributed by atoms with Gasteiger partial charge in [0.15, 0.2) is 11.6 Å². The maximum absolute atomic E-state index is 13.6. The van der Waals surface area contributed by atoms with Gasteiger partial charge < -0.3 is 32.5 Å². The number of nitrogen functional groups attached to an aromatic ring is 2. The predicted molar refractivity (Wildman–Crippen MR) is 280 cm³/mol. The van der Waals surface area contributed by atoms with Crippen molar-refractivity contribution < 1.29 is 43.5 Å². The predicted octanol–water partition coefficient (Wildman–Crippen LogP) is 5.76. The van der Waals surface area contributed by atoms with E-state index >= 15 is 0 Å². The Morgan fingerprint density at radius 2 is 1.66 bits per heavy atom. The van der Waals surface area contributed by atoms with Crippen molar-refractivity contribution in [3.05, 3.63) is 81.9 Å². The number of unbranched alkanes of at least 4 members (excludes halogenated alkanes) is 3. The summed E-state index contributed by atoms with van der Waals surface area (Å²) in [5.74, 6) is -3.76. The minimum atomic E-state index is -1.23. The van der Waals surface area contributed by atoms with Gasteiger partial charge in [0.1, 0.15) is 17.6 Å². The lowest BCUT2D eigenvalue weighted by atomic mass is 9.88. The zero-order chi connectivity index (χ0) is 53.6. The molecule has 5 aromatic rings. The van der Waals surface area contributed by atoms with E-state index in [9.17, 15) is 43.5 Å². The van der Waals surface area contributed by atoms with Crippen LogP contribution in [-0.2, 0) is 41.7 Å². The summed E-state index contributed by atoms with van der Waals surface area (Å²) in [6.07, 6.45) is 4.65. The molecule has 0 bridgehead atoms. The number of aliphatic carboxylic acids is 1. The van der Waals surface area contributed by atoms with Crippen LogP contribution in [0.4, 0.5) is 17.5 Å². The highest BCUT2D eigenvalue weighted by Gasteiger charge is 2.37. The number of ketones is 3. The number of carbonyl (C=O) groups excluding carboxylic acids is 7. The van der Waals surface area contributed by atoms with Crippen molar-refractivity contribution in [2.45, 2.75) is 115 Å². The van der Waals surface area contributed by atoms with Crippen molar-refractivity contribution in [1.82, 2.24) is 46.1 Å². The van der Waals surface area contributed by atoms with Crippen LogP contribution in [0.2, 0.25) is 5.02 Å². The number of aromatic nitrogens is 6. The molecule has 392 valence electrons. The molecule has 1 fully saturated rings. The summed E-state index contributed by atoms with van der Waals surface area (Å²) in [5, 5.41) is 33.2. The van der Waals surface area contributed by atoms with Gasteiger partial charge in [-0.25, -0.2) is 9.78 Å². The van der Waals surface area contributed by atoms with Gasteiger partial charge in [-0.3, -0.25) is 38.5 Å². The monoisotopic (exact) mass is 1050 g/mol. The van der Waals surface area contributed by atoms with Crippen LogP contribution >= 0.6 is 23.4 Å². The number of fused-ring (bicyclic) bond motifs is 1. The van der Waals surface area contributed by atoms with Crippen LogP contribution in [0.15, 0.2) is 54.6 Å². The first-order valence-corrected chi connectivity index (χ1v) is 26.0. The second kappa shape index (κ2) is 26.1. The molecule has 0 aliphatic carbocycles. The number of amides is 4. The van der Waals surface area contributed by atoms with E-state index in [-0.39, 0.29) is 108 Å². The number of Topliss-reactive ketones (excluding diaryl/α,β-unsaturated/α-hetero) is 3. The van der Waals surface area contributed by atoms with E-state index in [1.165, 1.54) is 16.7 Å². The Kier molecular flexibility index (Phi) is 19.7. The number of anilines is 3. The van der Waals surface area contributed by atoms with Crippen LogP contribution in [0.3, 0.4) is 0 Å². The first kappa shape index (κ1) is 56.0. The maximum Gasteiger partial charge on any atom is 0.326 e. The average molecular weight is 1050 g/mol. The molecule has 2 aromatic heterocycles. The molecule has 0 spiro atoms. The third-order valence-electron chi connectivity index (χ3n) is 12.9. The summed E-state index contributed by atoms with van der Waals surface area (Å²) in [4.78, 5) is 113. The van der Waals surface area contributed by atoms with E-state index in [1.54, 1.807) is 67.8 Å². The summed E-state index contributed by atoms with van der Waals surface area (Å²) in [6.45, 7) is 5.89. The Labute approximate surface area is 436 Å². The molecule has 4 amide bonds. The number of carboxylic acids is 1. The number of nitrogens with two attached hydrogens (primary N) is 2. The summed E-state index contributed by atoms with van der Waals surface area (Å²) >= 11 is 7.97. The Morgan fingerprint density at radius 1 is 0.919 bits per heavy atom. The molecule has 1 aliphatic rings. The van der Waals surface area contributed by atoms with E-state index in [4.69, 9.17) is 23.1 Å². The summed E-state index contributed by atoms with van der Waals surface area (Å²) in [6, 6.07) is 12.7. The number of benzene rings is 3. The summed E-state index contributed by atoms with van der Waals surface area (Å²) < 4.78 is 0. The molecule has 21 nitrogen and oxygen atoms in total. The van der Waals surface area contributed by atoms with Gasteiger partial charge in [0.2, 0.25) is 29.5 Å². The van der Waals surface area contributed by atoms with Crippen molar-refractivity contribution in [3.8, 4) is 11.4 Å². The van der Waals surface area contributed by atoms with Crippen molar-refractivity contribution in [2.75, 3.05) is 29.6 Å². The van der Waals surface area contributed by atoms with Gasteiger partial charge >= 0.3 is 5.97 Å². The fourth-order valence-electron chi connectivity index (χ4n) is 8.59. The minimum absolute atomic E-state index is 0.00965. The molecule has 1 unspecified atom stereocenters. The van der Waals surface area contributed by atoms with Crippen molar-refractivity contribution in [3.63, 3.8) is 0 Å². The molecule has 23 heteroatoms. The highest BCUT2D eigenvalue weighted by Crippen LogP contribution is 2.31. The first-order valence-electron chi connectivity index (χ1n) is 24.3. The number of carboxylic acid groups (broad SMARTS) is 1. The number of halogens is 1. The fraction of sp³-hybridized carbons (Fsp3) is 0.431. The SMILES string of the molecule is CSC1CC(=O)N(CCCCCC(=O)C[C@H](C(=O)N[C@@H](C)C(=O)Cc2ccc(C(=O)CCCC[C@H](NC(=O)c3ccc(NCc4ccc5nc(N)nc(N)c5c4Cl)cc3)C(=O)O)c(-c3nn[nH]n3)c2)C(C)C)C1=O. The van der Waals surface area contributed by atoms with E-state index < -0.39 is 35.8 Å². The van der Waals surface area contributed by atoms with E-state index in [0.717, 1.165) is 5.56 Å². The molecular weight excluding hydrogens is 992 g/mol. The van der Waals surface area contributed by atoms with Gasteiger partial charge in [0.25, 0.3) is 5.91 Å². The number of carbonyl (C=O) groups is 8. The number of aromatic amines is 1. The lowest BCUT2D eigenvalue weighted by Crippen LogP contribution is -2.44. The van der Waals surface area contributed by atoms with Gasteiger partial charge in [-0.1, -0.05) is 56.5 Å². The number of imide groups is 1. The number of H-pyrrole nitrogens is 1. The average Bonchev–Trinajstić information content (AvgIpc) is 4.00. The number of likely N-dealkylation sites (tertiary alicyclic amines) is 1. The van der Waals surface area contributed by atoms with Gasteiger partial charge in [0, 0.05) is 73.5 Å². The smallest absolute Gasteiger partial charge is 0.326 e. The van der Waals surface area contributed by atoms with Crippen LogP contribution in [-0.4, -0.2) is 118 Å². The number of tetrazole rings is 1. The van der Waals surface area contributed by atoms with Gasteiger partial charge in [-0.2, -0.15) is 22.0 Å². The number of rotatable bonds is 28.